The Labute approximate surface area is 92.1 Å². The number of hydrogen-bond acceptors (Lipinski definition) is 2. The van der Waals surface area contributed by atoms with Crippen LogP contribution in [0.5, 0.6) is 5.75 Å². The number of aromatic hydroxyl groups is 1. The molecule has 6 heteroatoms. The second-order valence-corrected chi connectivity index (χ2v) is 3.89. The first-order valence-corrected chi connectivity index (χ1v) is 4.71. The molecule has 1 rings (SSSR count). The van der Waals surface area contributed by atoms with Crippen molar-refractivity contribution in [2.24, 2.45) is 5.73 Å². The predicted molar refractivity (Wildman–Crippen MR) is 53.8 cm³/mol. The molecule has 0 radical (unpaired) electrons. The zero-order valence-corrected chi connectivity index (χ0v) is 9.00. The van der Waals surface area contributed by atoms with Crippen molar-refractivity contribution < 1.29 is 18.3 Å². The number of phenolic OH excluding ortho intramolecular Hbond substituents is 1. The van der Waals surface area contributed by atoms with E-state index >= 15 is 0 Å². The maximum absolute atomic E-state index is 12.2. The van der Waals surface area contributed by atoms with Crippen LogP contribution in [0.15, 0.2) is 18.2 Å². The molecule has 78 valence electrons. The van der Waals surface area contributed by atoms with Gasteiger partial charge in [-0.25, -0.2) is 0 Å². The van der Waals surface area contributed by atoms with Crippen LogP contribution in [0.3, 0.4) is 0 Å². The topological polar surface area (TPSA) is 46.2 Å². The lowest BCUT2D eigenvalue weighted by Gasteiger charge is -2.16. The van der Waals surface area contributed by atoms with E-state index in [4.69, 9.17) is 10.8 Å². The van der Waals surface area contributed by atoms with E-state index in [1.807, 2.05) is 0 Å². The van der Waals surface area contributed by atoms with Crippen LogP contribution >= 0.6 is 22.6 Å². The van der Waals surface area contributed by atoms with Crippen LogP contribution in [-0.4, -0.2) is 11.3 Å². The Morgan fingerprint density at radius 3 is 2.36 bits per heavy atom. The third-order valence-electron chi connectivity index (χ3n) is 1.68. The summed E-state index contributed by atoms with van der Waals surface area (Å²) < 4.78 is 36.9. The quantitative estimate of drug-likeness (QED) is 0.782. The normalized spacial score (nSPS) is 14.1. The van der Waals surface area contributed by atoms with Crippen molar-refractivity contribution in [2.45, 2.75) is 12.2 Å². The largest absolute Gasteiger partial charge is 0.507 e. The molecule has 0 heterocycles. The van der Waals surface area contributed by atoms with Gasteiger partial charge in [0, 0.05) is 0 Å². The molecule has 1 aromatic rings. The molecule has 0 saturated carbocycles. The van der Waals surface area contributed by atoms with Gasteiger partial charge in [-0.3, -0.25) is 0 Å². The number of hydrogen-bond donors (Lipinski definition) is 2. The number of phenols is 1. The molecular weight excluding hydrogens is 310 g/mol. The van der Waals surface area contributed by atoms with Gasteiger partial charge >= 0.3 is 6.18 Å². The zero-order valence-electron chi connectivity index (χ0n) is 6.85. The molecule has 0 spiro atoms. The highest BCUT2D eigenvalue weighted by atomic mass is 127. The van der Waals surface area contributed by atoms with Crippen LogP contribution in [0.2, 0.25) is 0 Å². The first kappa shape index (κ1) is 11.6. The summed E-state index contributed by atoms with van der Waals surface area (Å²) in [6, 6.07) is 1.57. The minimum Gasteiger partial charge on any atom is -0.507 e. The third kappa shape index (κ3) is 2.50. The molecule has 0 amide bonds. The summed E-state index contributed by atoms with van der Waals surface area (Å²) in [4.78, 5) is 0. The van der Waals surface area contributed by atoms with E-state index in [0.29, 0.717) is 3.57 Å². The lowest BCUT2D eigenvalue weighted by molar-refractivity contribution is -0.149. The lowest BCUT2D eigenvalue weighted by atomic mass is 10.1. The molecule has 0 aliphatic heterocycles. The second-order valence-electron chi connectivity index (χ2n) is 2.73. The van der Waals surface area contributed by atoms with Crippen molar-refractivity contribution in [3.8, 4) is 5.75 Å². The average Bonchev–Trinajstić information content (AvgIpc) is 2.07. The van der Waals surface area contributed by atoms with Crippen LogP contribution < -0.4 is 5.73 Å². The molecule has 1 unspecified atom stereocenters. The van der Waals surface area contributed by atoms with Crippen LogP contribution in [-0.2, 0) is 0 Å². The third-order valence-corrected chi connectivity index (χ3v) is 2.55. The van der Waals surface area contributed by atoms with Crippen molar-refractivity contribution in [3.05, 3.63) is 27.3 Å². The van der Waals surface area contributed by atoms with Gasteiger partial charge < -0.3 is 10.8 Å². The van der Waals surface area contributed by atoms with Gasteiger partial charge in [0.1, 0.15) is 11.8 Å². The maximum atomic E-state index is 12.2. The molecule has 2 nitrogen and oxygen atoms in total. The smallest absolute Gasteiger partial charge is 0.407 e. The molecule has 0 saturated heterocycles. The van der Waals surface area contributed by atoms with Crippen molar-refractivity contribution >= 4 is 22.6 Å². The Bertz CT molecular complexity index is 340. The minimum atomic E-state index is -4.46. The van der Waals surface area contributed by atoms with Gasteiger partial charge in [-0.05, 0) is 40.3 Å². The van der Waals surface area contributed by atoms with Crippen LogP contribution in [0.25, 0.3) is 0 Å². The highest BCUT2D eigenvalue weighted by Crippen LogP contribution is 2.32. The predicted octanol–water partition coefficient (Wildman–Crippen LogP) is 2.56. The van der Waals surface area contributed by atoms with E-state index in [0.717, 1.165) is 6.07 Å². The zero-order chi connectivity index (χ0) is 10.9. The molecule has 14 heavy (non-hydrogen) atoms. The van der Waals surface area contributed by atoms with Gasteiger partial charge in [-0.1, -0.05) is 6.07 Å². The summed E-state index contributed by atoms with van der Waals surface area (Å²) in [6.45, 7) is 0. The van der Waals surface area contributed by atoms with Crippen molar-refractivity contribution in [3.63, 3.8) is 0 Å². The van der Waals surface area contributed by atoms with Crippen LogP contribution in [0, 0.1) is 3.57 Å². The molecular formula is C8H7F3INO. The van der Waals surface area contributed by atoms with E-state index in [1.165, 1.54) is 12.1 Å². The number of benzene rings is 1. The Hall–Kier alpha value is -0.500. The molecule has 3 N–H and O–H groups in total. The Balaban J connectivity index is 3.03. The summed E-state index contributed by atoms with van der Waals surface area (Å²) in [6.07, 6.45) is -4.46. The molecule has 1 aromatic carbocycles. The number of nitrogens with two attached hydrogens (primary N) is 1. The average molecular weight is 317 g/mol. The monoisotopic (exact) mass is 317 g/mol. The number of alkyl halides is 3. The van der Waals surface area contributed by atoms with Gasteiger partial charge in [0.15, 0.2) is 0 Å². The highest BCUT2D eigenvalue weighted by molar-refractivity contribution is 14.1. The molecule has 0 aliphatic carbocycles. The summed E-state index contributed by atoms with van der Waals surface area (Å²) in [7, 11) is 0. The second kappa shape index (κ2) is 3.93. The van der Waals surface area contributed by atoms with Gasteiger partial charge in [0.05, 0.1) is 3.57 Å². The van der Waals surface area contributed by atoms with E-state index in [9.17, 15) is 13.2 Å². The van der Waals surface area contributed by atoms with Gasteiger partial charge in [0.2, 0.25) is 0 Å². The minimum absolute atomic E-state index is 0.0521. The van der Waals surface area contributed by atoms with Crippen LogP contribution in [0.1, 0.15) is 11.6 Å². The highest BCUT2D eigenvalue weighted by Gasteiger charge is 2.37. The van der Waals surface area contributed by atoms with Gasteiger partial charge in [-0.15, -0.1) is 0 Å². The van der Waals surface area contributed by atoms with Crippen molar-refractivity contribution in [1.82, 2.24) is 0 Å². The summed E-state index contributed by atoms with van der Waals surface area (Å²) in [5, 5.41) is 9.10. The molecule has 0 fully saturated rings. The van der Waals surface area contributed by atoms with Crippen LogP contribution in [0.4, 0.5) is 13.2 Å². The SMILES string of the molecule is NC(c1ccc(O)c(I)c1)C(F)(F)F. The fourth-order valence-corrected chi connectivity index (χ4v) is 1.44. The summed E-state index contributed by atoms with van der Waals surface area (Å²) in [5.41, 5.74) is 4.93. The first-order chi connectivity index (χ1) is 6.32. The molecule has 0 aromatic heterocycles. The molecule has 0 bridgehead atoms. The Kier molecular flexibility index (Phi) is 3.25. The first-order valence-electron chi connectivity index (χ1n) is 3.63. The van der Waals surface area contributed by atoms with Gasteiger partial charge in [0.25, 0.3) is 0 Å². The van der Waals surface area contributed by atoms with Gasteiger partial charge in [-0.2, -0.15) is 13.2 Å². The number of halogens is 4. The lowest BCUT2D eigenvalue weighted by Crippen LogP contribution is -2.28. The number of rotatable bonds is 1. The fourth-order valence-electron chi connectivity index (χ4n) is 0.906. The van der Waals surface area contributed by atoms with E-state index in [1.54, 1.807) is 22.6 Å². The van der Waals surface area contributed by atoms with E-state index < -0.39 is 12.2 Å². The van der Waals surface area contributed by atoms with E-state index in [2.05, 4.69) is 0 Å². The molecule has 1 atom stereocenters. The summed E-state index contributed by atoms with van der Waals surface area (Å²) >= 11 is 1.74. The standard InChI is InChI=1S/C8H7F3INO/c9-8(10,11)7(13)4-1-2-6(14)5(12)3-4/h1-3,7,14H,13H2. The fraction of sp³-hybridized carbons (Fsp3) is 0.250. The summed E-state index contributed by atoms with van der Waals surface area (Å²) in [5.74, 6) is -0.0521. The maximum Gasteiger partial charge on any atom is 0.407 e. The Morgan fingerprint density at radius 2 is 1.93 bits per heavy atom. The van der Waals surface area contributed by atoms with Crippen molar-refractivity contribution in [2.75, 3.05) is 0 Å². The Morgan fingerprint density at radius 1 is 1.36 bits per heavy atom. The molecule has 0 aliphatic rings. The van der Waals surface area contributed by atoms with Crippen molar-refractivity contribution in [1.29, 1.82) is 0 Å². The van der Waals surface area contributed by atoms with E-state index in [-0.39, 0.29) is 11.3 Å².